The van der Waals surface area contributed by atoms with Crippen LogP contribution in [-0.4, -0.2) is 40.0 Å². The Morgan fingerprint density at radius 1 is 1.16 bits per heavy atom. The summed E-state index contributed by atoms with van der Waals surface area (Å²) >= 11 is 0. The minimum Gasteiger partial charge on any atom is -0.497 e. The quantitative estimate of drug-likeness (QED) is 0.640. The molecule has 8 heteroatoms. The summed E-state index contributed by atoms with van der Waals surface area (Å²) in [5, 5.41) is 17.4. The monoisotopic (exact) mass is 437 g/mol. The Bertz CT molecular complexity index is 1180. The summed E-state index contributed by atoms with van der Waals surface area (Å²) in [6.45, 7) is 0. The van der Waals surface area contributed by atoms with E-state index in [0.29, 0.717) is 29.8 Å². The van der Waals surface area contributed by atoms with Gasteiger partial charge in [0.1, 0.15) is 17.1 Å². The van der Waals surface area contributed by atoms with Gasteiger partial charge in [-0.05, 0) is 61.4 Å². The largest absolute Gasteiger partial charge is 0.497 e. The van der Waals surface area contributed by atoms with Gasteiger partial charge in [-0.3, -0.25) is 9.59 Å². The molecule has 1 aliphatic rings. The number of rotatable bonds is 5. The van der Waals surface area contributed by atoms with Crippen LogP contribution in [0.2, 0.25) is 0 Å². The zero-order chi connectivity index (χ0) is 22.7. The van der Waals surface area contributed by atoms with E-state index in [-0.39, 0.29) is 11.3 Å². The maximum Gasteiger partial charge on any atom is 0.284 e. The van der Waals surface area contributed by atoms with Crippen LogP contribution in [0.4, 0.5) is 4.39 Å². The minimum atomic E-state index is -0.671. The average molecular weight is 437 g/mol. The maximum atomic E-state index is 13.8. The topological polar surface area (TPSA) is 93.5 Å². The zero-order valence-corrected chi connectivity index (χ0v) is 17.6. The molecule has 1 fully saturated rings. The molecule has 4 rings (SSSR count). The number of ether oxygens (including phenoxy) is 1. The molecule has 2 aromatic carbocycles. The van der Waals surface area contributed by atoms with E-state index >= 15 is 0 Å². The molecule has 1 aliphatic carbocycles. The molecule has 2 N–H and O–H groups in total. The first-order valence-corrected chi connectivity index (χ1v) is 10.5. The molecular weight excluding hydrogens is 413 g/mol. The van der Waals surface area contributed by atoms with E-state index in [1.165, 1.54) is 24.3 Å². The van der Waals surface area contributed by atoms with E-state index in [0.717, 1.165) is 17.5 Å². The molecule has 2 atom stereocenters. The predicted molar refractivity (Wildman–Crippen MR) is 118 cm³/mol. The number of hydrogen-bond donors (Lipinski definition) is 2. The first-order valence-electron chi connectivity index (χ1n) is 10.5. The fourth-order valence-corrected chi connectivity index (χ4v) is 3.87. The summed E-state index contributed by atoms with van der Waals surface area (Å²) in [5.41, 5.74) is 0.425. The van der Waals surface area contributed by atoms with Crippen LogP contribution in [-0.2, 0) is 0 Å². The SMILES string of the molecule is COc1ccc(-c2cc(C(=O)N[C@@H]3CCCC[C@H]3O)c(=O)n(-c3cccc(F)c3)n2)cc1. The molecule has 1 heterocycles. The van der Waals surface area contributed by atoms with Crippen LogP contribution in [0.1, 0.15) is 36.0 Å². The van der Waals surface area contributed by atoms with Crippen molar-refractivity contribution in [2.75, 3.05) is 7.11 Å². The molecule has 3 aromatic rings. The summed E-state index contributed by atoms with van der Waals surface area (Å²) < 4.78 is 20.0. The Hall–Kier alpha value is -3.52. The number of hydrogen-bond acceptors (Lipinski definition) is 5. The van der Waals surface area contributed by atoms with E-state index in [4.69, 9.17) is 4.74 Å². The van der Waals surface area contributed by atoms with Gasteiger partial charge in [-0.1, -0.05) is 18.9 Å². The van der Waals surface area contributed by atoms with E-state index < -0.39 is 29.4 Å². The summed E-state index contributed by atoms with van der Waals surface area (Å²) in [6.07, 6.45) is 2.38. The number of carbonyl (C=O) groups excluding carboxylic acids is 1. The van der Waals surface area contributed by atoms with Gasteiger partial charge in [0.25, 0.3) is 11.5 Å². The summed E-state index contributed by atoms with van der Waals surface area (Å²) in [4.78, 5) is 26.2. The smallest absolute Gasteiger partial charge is 0.284 e. The molecule has 0 radical (unpaired) electrons. The Kier molecular flexibility index (Phi) is 6.32. The molecule has 0 unspecified atom stereocenters. The Morgan fingerprint density at radius 2 is 1.91 bits per heavy atom. The van der Waals surface area contributed by atoms with Crippen molar-refractivity contribution in [3.8, 4) is 22.7 Å². The number of carbonyl (C=O) groups is 1. The normalized spacial score (nSPS) is 18.2. The summed E-state index contributed by atoms with van der Waals surface area (Å²) in [5.74, 6) is -0.470. The average Bonchev–Trinajstić information content (AvgIpc) is 2.80. The first kappa shape index (κ1) is 21.7. The lowest BCUT2D eigenvalue weighted by molar-refractivity contribution is 0.0716. The first-order chi connectivity index (χ1) is 15.5. The van der Waals surface area contributed by atoms with Crippen LogP contribution in [0.25, 0.3) is 16.9 Å². The third-order valence-corrected chi connectivity index (χ3v) is 5.64. The van der Waals surface area contributed by atoms with E-state index in [1.807, 2.05) is 0 Å². The van der Waals surface area contributed by atoms with Crippen LogP contribution in [0.5, 0.6) is 5.75 Å². The van der Waals surface area contributed by atoms with Crippen LogP contribution >= 0.6 is 0 Å². The van der Waals surface area contributed by atoms with Crippen LogP contribution in [0, 0.1) is 5.82 Å². The molecule has 1 amide bonds. The Morgan fingerprint density at radius 3 is 2.59 bits per heavy atom. The van der Waals surface area contributed by atoms with Gasteiger partial charge in [-0.2, -0.15) is 9.78 Å². The fourth-order valence-electron chi connectivity index (χ4n) is 3.87. The number of nitrogens with one attached hydrogen (secondary N) is 1. The number of methoxy groups -OCH3 is 1. The number of halogens is 1. The summed E-state index contributed by atoms with van der Waals surface area (Å²) in [7, 11) is 1.56. The van der Waals surface area contributed by atoms with E-state index in [2.05, 4.69) is 10.4 Å². The number of aliphatic hydroxyl groups excluding tert-OH is 1. The molecule has 0 saturated heterocycles. The second-order valence-corrected chi connectivity index (χ2v) is 7.80. The molecule has 0 aliphatic heterocycles. The highest BCUT2D eigenvalue weighted by Crippen LogP contribution is 2.22. The third-order valence-electron chi connectivity index (χ3n) is 5.64. The molecule has 1 saturated carbocycles. The van der Waals surface area contributed by atoms with Gasteiger partial charge in [-0.25, -0.2) is 4.39 Å². The number of amides is 1. The molecule has 0 spiro atoms. The molecule has 7 nitrogen and oxygen atoms in total. The van der Waals surface area contributed by atoms with Gasteiger partial charge in [0, 0.05) is 5.56 Å². The lowest BCUT2D eigenvalue weighted by Gasteiger charge is -2.28. The second-order valence-electron chi connectivity index (χ2n) is 7.80. The Balaban J connectivity index is 1.79. The van der Waals surface area contributed by atoms with Crippen molar-refractivity contribution < 1.29 is 19.0 Å². The zero-order valence-electron chi connectivity index (χ0n) is 17.6. The van der Waals surface area contributed by atoms with Crippen LogP contribution in [0.3, 0.4) is 0 Å². The van der Waals surface area contributed by atoms with E-state index in [1.54, 1.807) is 37.4 Å². The van der Waals surface area contributed by atoms with Crippen molar-refractivity contribution in [1.29, 1.82) is 0 Å². The molecule has 0 bridgehead atoms. The molecule has 1 aromatic heterocycles. The third kappa shape index (κ3) is 4.55. The summed E-state index contributed by atoms with van der Waals surface area (Å²) in [6, 6.07) is 13.5. The number of aromatic nitrogens is 2. The standard InChI is InChI=1S/C24H24FN3O4/c1-32-18-11-9-15(10-12-18)21-14-19(23(30)26-20-7-2-3-8-22(20)29)24(31)28(27-21)17-6-4-5-16(25)13-17/h4-6,9-14,20,22,29H,2-3,7-8H2,1H3,(H,26,30)/t20-,22-/m1/s1. The second kappa shape index (κ2) is 9.32. The van der Waals surface area contributed by atoms with Crippen molar-refractivity contribution in [1.82, 2.24) is 15.1 Å². The van der Waals surface area contributed by atoms with Crippen molar-refractivity contribution >= 4 is 5.91 Å². The molecule has 166 valence electrons. The van der Waals surface area contributed by atoms with Gasteiger partial charge in [0.15, 0.2) is 0 Å². The molecule has 32 heavy (non-hydrogen) atoms. The van der Waals surface area contributed by atoms with E-state index in [9.17, 15) is 19.1 Å². The minimum absolute atomic E-state index is 0.132. The fraction of sp³-hybridized carbons (Fsp3) is 0.292. The molecular formula is C24H24FN3O4. The van der Waals surface area contributed by atoms with Gasteiger partial charge >= 0.3 is 0 Å². The van der Waals surface area contributed by atoms with Gasteiger partial charge in [0.05, 0.1) is 30.6 Å². The highest BCUT2D eigenvalue weighted by atomic mass is 19.1. The van der Waals surface area contributed by atoms with Crippen molar-refractivity contribution in [2.45, 2.75) is 37.8 Å². The van der Waals surface area contributed by atoms with Crippen molar-refractivity contribution in [3.63, 3.8) is 0 Å². The maximum absolute atomic E-state index is 13.8. The van der Waals surface area contributed by atoms with Crippen LogP contribution < -0.4 is 15.6 Å². The highest BCUT2D eigenvalue weighted by molar-refractivity contribution is 5.95. The lowest BCUT2D eigenvalue weighted by atomic mass is 9.92. The predicted octanol–water partition coefficient (Wildman–Crippen LogP) is 3.08. The van der Waals surface area contributed by atoms with Gasteiger partial charge < -0.3 is 15.2 Å². The highest BCUT2D eigenvalue weighted by Gasteiger charge is 2.26. The van der Waals surface area contributed by atoms with Crippen LogP contribution in [0.15, 0.2) is 59.4 Å². The lowest BCUT2D eigenvalue weighted by Crippen LogP contribution is -2.46. The van der Waals surface area contributed by atoms with Gasteiger partial charge in [0.2, 0.25) is 0 Å². The van der Waals surface area contributed by atoms with Crippen molar-refractivity contribution in [2.24, 2.45) is 0 Å². The number of nitrogens with zero attached hydrogens (tertiary/aromatic N) is 2. The number of benzene rings is 2. The number of aliphatic hydroxyl groups is 1. The van der Waals surface area contributed by atoms with Gasteiger partial charge in [-0.15, -0.1) is 0 Å². The Labute approximate surface area is 184 Å². The van der Waals surface area contributed by atoms with Crippen molar-refractivity contribution in [3.05, 3.63) is 76.3 Å².